The van der Waals surface area contributed by atoms with Crippen molar-refractivity contribution in [2.75, 3.05) is 6.61 Å². The molecule has 2 unspecified atom stereocenters. The normalized spacial score (nSPS) is 13.1. The predicted molar refractivity (Wildman–Crippen MR) is 86.8 cm³/mol. The van der Waals surface area contributed by atoms with Crippen molar-refractivity contribution < 1.29 is 28.7 Å². The molecular weight excluding hydrogens is 322 g/mol. The average molecular weight is 347 g/mol. The van der Waals surface area contributed by atoms with Gasteiger partial charge < -0.3 is 14.8 Å². The van der Waals surface area contributed by atoms with Gasteiger partial charge in [-0.3, -0.25) is 14.4 Å². The summed E-state index contributed by atoms with van der Waals surface area (Å²) in [6, 6.07) is -0.947. The highest BCUT2D eigenvalue weighted by Crippen LogP contribution is 2.19. The monoisotopic (exact) mass is 347 g/mol. The first-order valence-electron chi connectivity index (χ1n) is 7.56. The van der Waals surface area contributed by atoms with Crippen LogP contribution in [0, 0.1) is 0 Å². The highest BCUT2D eigenvalue weighted by atomic mass is 32.2. The molecule has 7 nitrogen and oxygen atoms in total. The maximum atomic E-state index is 11.9. The number of hydrogen-bond acceptors (Lipinski definition) is 7. The zero-order valence-electron chi connectivity index (χ0n) is 14.2. The SMILES string of the molecule is CCOC(=O)C(NC(=O)CC)C(C)SC(=O)CC(=O)OC(C)C. The zero-order chi connectivity index (χ0) is 18.0. The fourth-order valence-electron chi connectivity index (χ4n) is 1.61. The molecule has 0 aromatic heterocycles. The molecule has 0 saturated carbocycles. The first-order chi connectivity index (χ1) is 10.7. The lowest BCUT2D eigenvalue weighted by molar-refractivity contribution is -0.148. The minimum atomic E-state index is -0.947. The molecule has 1 N–H and O–H groups in total. The first-order valence-corrected chi connectivity index (χ1v) is 8.44. The molecule has 2 atom stereocenters. The Balaban J connectivity index is 4.71. The van der Waals surface area contributed by atoms with E-state index in [1.165, 1.54) is 0 Å². The summed E-state index contributed by atoms with van der Waals surface area (Å²) >= 11 is 0.814. The van der Waals surface area contributed by atoms with E-state index in [9.17, 15) is 19.2 Å². The number of carbonyl (C=O) groups is 4. The van der Waals surface area contributed by atoms with Crippen LogP contribution >= 0.6 is 11.8 Å². The topological polar surface area (TPSA) is 98.8 Å². The number of hydrogen-bond donors (Lipinski definition) is 1. The maximum absolute atomic E-state index is 11.9. The minimum absolute atomic E-state index is 0.170. The lowest BCUT2D eigenvalue weighted by atomic mass is 10.2. The maximum Gasteiger partial charge on any atom is 0.329 e. The smallest absolute Gasteiger partial charge is 0.329 e. The van der Waals surface area contributed by atoms with Gasteiger partial charge in [0, 0.05) is 11.7 Å². The van der Waals surface area contributed by atoms with Crippen molar-refractivity contribution in [2.24, 2.45) is 0 Å². The summed E-state index contributed by atoms with van der Waals surface area (Å²) in [4.78, 5) is 46.8. The van der Waals surface area contributed by atoms with Gasteiger partial charge in [-0.05, 0) is 20.8 Å². The summed E-state index contributed by atoms with van der Waals surface area (Å²) in [5.74, 6) is -1.54. The largest absolute Gasteiger partial charge is 0.464 e. The van der Waals surface area contributed by atoms with E-state index in [2.05, 4.69) is 5.32 Å². The third-order valence-corrected chi connectivity index (χ3v) is 3.67. The Bertz CT molecular complexity index is 438. The van der Waals surface area contributed by atoms with Gasteiger partial charge in [-0.15, -0.1) is 0 Å². The van der Waals surface area contributed by atoms with Gasteiger partial charge in [0.25, 0.3) is 0 Å². The molecule has 0 aliphatic carbocycles. The molecule has 0 bridgehead atoms. The molecule has 0 aromatic rings. The summed E-state index contributed by atoms with van der Waals surface area (Å²) < 4.78 is 9.81. The number of esters is 2. The molecule has 0 spiro atoms. The van der Waals surface area contributed by atoms with Crippen LogP contribution in [0.1, 0.15) is 47.5 Å². The fraction of sp³-hybridized carbons (Fsp3) is 0.733. The van der Waals surface area contributed by atoms with Crippen molar-refractivity contribution >= 4 is 34.7 Å². The molecule has 0 heterocycles. The summed E-state index contributed by atoms with van der Waals surface area (Å²) in [6.45, 7) is 8.48. The molecule has 0 fully saturated rings. The molecule has 0 aliphatic heterocycles. The van der Waals surface area contributed by atoms with Gasteiger partial charge >= 0.3 is 11.9 Å². The van der Waals surface area contributed by atoms with Gasteiger partial charge in [0.2, 0.25) is 5.91 Å². The van der Waals surface area contributed by atoms with Crippen molar-refractivity contribution in [2.45, 2.75) is 64.9 Å². The quantitative estimate of drug-likeness (QED) is 0.497. The molecule has 0 saturated heterocycles. The van der Waals surface area contributed by atoms with E-state index in [1.807, 2.05) is 0 Å². The average Bonchev–Trinajstić information content (AvgIpc) is 2.42. The second-order valence-electron chi connectivity index (χ2n) is 5.06. The molecule has 23 heavy (non-hydrogen) atoms. The van der Waals surface area contributed by atoms with Crippen LogP contribution in [0.3, 0.4) is 0 Å². The van der Waals surface area contributed by atoms with E-state index in [1.54, 1.807) is 34.6 Å². The number of nitrogens with one attached hydrogen (secondary N) is 1. The van der Waals surface area contributed by atoms with Gasteiger partial charge in [0.15, 0.2) is 5.12 Å². The minimum Gasteiger partial charge on any atom is -0.464 e. The Hall–Kier alpha value is -1.57. The van der Waals surface area contributed by atoms with Crippen LogP contribution < -0.4 is 5.32 Å². The lowest BCUT2D eigenvalue weighted by Gasteiger charge is -2.22. The third kappa shape index (κ3) is 9.22. The Morgan fingerprint density at radius 3 is 2.17 bits per heavy atom. The van der Waals surface area contributed by atoms with Crippen LogP contribution in [0.2, 0.25) is 0 Å². The highest BCUT2D eigenvalue weighted by Gasteiger charge is 2.30. The van der Waals surface area contributed by atoms with E-state index in [0.717, 1.165) is 11.8 Å². The molecule has 0 rings (SSSR count). The Morgan fingerprint density at radius 1 is 1.09 bits per heavy atom. The molecule has 132 valence electrons. The van der Waals surface area contributed by atoms with Crippen LogP contribution in [0.25, 0.3) is 0 Å². The summed E-state index contributed by atoms with van der Waals surface area (Å²) in [5, 5.41) is 1.55. The predicted octanol–water partition coefficient (Wildman–Crippen LogP) is 1.43. The molecule has 0 aromatic carbocycles. The van der Waals surface area contributed by atoms with Crippen LogP contribution in [0.4, 0.5) is 0 Å². The van der Waals surface area contributed by atoms with E-state index >= 15 is 0 Å². The van der Waals surface area contributed by atoms with Gasteiger partial charge in [-0.25, -0.2) is 4.79 Å². The van der Waals surface area contributed by atoms with Crippen molar-refractivity contribution in [3.05, 3.63) is 0 Å². The third-order valence-electron chi connectivity index (χ3n) is 2.62. The molecule has 0 radical (unpaired) electrons. The van der Waals surface area contributed by atoms with Crippen LogP contribution in [0.15, 0.2) is 0 Å². The summed E-state index contributed by atoms with van der Waals surface area (Å²) in [6.07, 6.45) is -0.472. The summed E-state index contributed by atoms with van der Waals surface area (Å²) in [5.41, 5.74) is 0. The standard InChI is InChI=1S/C15H25NO6S/c1-6-11(17)16-14(15(20)21-7-2)10(5)23-13(19)8-12(18)22-9(3)4/h9-10,14H,6-8H2,1-5H3,(H,16,17). The molecule has 8 heteroatoms. The van der Waals surface area contributed by atoms with Gasteiger partial charge in [0.1, 0.15) is 12.5 Å². The second-order valence-corrected chi connectivity index (χ2v) is 6.50. The fourth-order valence-corrected chi connectivity index (χ4v) is 2.55. The van der Waals surface area contributed by atoms with E-state index < -0.39 is 28.3 Å². The van der Waals surface area contributed by atoms with Crippen LogP contribution in [-0.2, 0) is 28.7 Å². The number of rotatable bonds is 9. The van der Waals surface area contributed by atoms with E-state index in [4.69, 9.17) is 9.47 Å². The Labute approximate surface area is 140 Å². The van der Waals surface area contributed by atoms with Crippen molar-refractivity contribution in [1.82, 2.24) is 5.32 Å². The van der Waals surface area contributed by atoms with Crippen molar-refractivity contribution in [3.63, 3.8) is 0 Å². The molecular formula is C15H25NO6S. The second kappa shape index (κ2) is 11.0. The Kier molecular flexibility index (Phi) is 10.3. The van der Waals surface area contributed by atoms with Crippen molar-refractivity contribution in [3.8, 4) is 0 Å². The highest BCUT2D eigenvalue weighted by molar-refractivity contribution is 8.14. The first kappa shape index (κ1) is 21.4. The lowest BCUT2D eigenvalue weighted by Crippen LogP contribution is -2.47. The molecule has 1 amide bonds. The van der Waals surface area contributed by atoms with Gasteiger partial charge in [-0.1, -0.05) is 25.6 Å². The van der Waals surface area contributed by atoms with Crippen molar-refractivity contribution in [1.29, 1.82) is 0 Å². The van der Waals surface area contributed by atoms with Crippen LogP contribution in [0.5, 0.6) is 0 Å². The number of amides is 1. The molecule has 0 aliphatic rings. The number of ether oxygens (including phenoxy) is 2. The number of thioether (sulfide) groups is 1. The van der Waals surface area contributed by atoms with E-state index in [0.29, 0.717) is 0 Å². The zero-order valence-corrected chi connectivity index (χ0v) is 15.0. The Morgan fingerprint density at radius 2 is 1.70 bits per heavy atom. The van der Waals surface area contributed by atoms with Gasteiger partial charge in [-0.2, -0.15) is 0 Å². The van der Waals surface area contributed by atoms with Crippen LogP contribution in [-0.4, -0.2) is 47.0 Å². The number of carbonyl (C=O) groups excluding carboxylic acids is 4. The van der Waals surface area contributed by atoms with E-state index in [-0.39, 0.29) is 31.5 Å². The van der Waals surface area contributed by atoms with Gasteiger partial charge in [0.05, 0.1) is 12.7 Å². The summed E-state index contributed by atoms with van der Waals surface area (Å²) in [7, 11) is 0.